The number of nitrogens with zero attached hydrogens (tertiary/aromatic N) is 3. The Morgan fingerprint density at radius 3 is 2.60 bits per heavy atom. The van der Waals surface area contributed by atoms with Crippen LogP contribution < -0.4 is 4.74 Å². The molecule has 0 amide bonds. The van der Waals surface area contributed by atoms with Crippen LogP contribution in [0.15, 0.2) is 65.7 Å². The van der Waals surface area contributed by atoms with Gasteiger partial charge in [0.05, 0.1) is 18.5 Å². The highest BCUT2D eigenvalue weighted by Crippen LogP contribution is 2.29. The highest BCUT2D eigenvalue weighted by molar-refractivity contribution is 9.10. The highest BCUT2D eigenvalue weighted by Gasteiger charge is 2.32. The number of imidazole rings is 1. The third kappa shape index (κ3) is 5.64. The highest BCUT2D eigenvalue weighted by atomic mass is 79.9. The van der Waals surface area contributed by atoms with Crippen LogP contribution in [-0.4, -0.2) is 38.2 Å². The molecular weight excluding hydrogens is 466 g/mol. The van der Waals surface area contributed by atoms with Gasteiger partial charge in [0.1, 0.15) is 12.4 Å². The lowest BCUT2D eigenvalue weighted by atomic mass is 9.91. The number of hydrogen-bond acceptors (Lipinski definition) is 4. The van der Waals surface area contributed by atoms with Crippen molar-refractivity contribution in [3.05, 3.63) is 81.8 Å². The molecule has 1 aliphatic rings. The maximum absolute atomic E-state index is 10.9. The normalized spacial score (nSPS) is 16.5. The van der Waals surface area contributed by atoms with E-state index >= 15 is 0 Å². The largest absolute Gasteiger partial charge is 0.489 e. The number of rotatable bonds is 7. The number of piperidine rings is 1. The predicted octanol–water partition coefficient (Wildman–Crippen LogP) is 4.91. The lowest BCUT2D eigenvalue weighted by molar-refractivity contribution is -0.0358. The van der Waals surface area contributed by atoms with Crippen molar-refractivity contribution in [2.75, 3.05) is 13.1 Å². The summed E-state index contributed by atoms with van der Waals surface area (Å²) in [5.41, 5.74) is 1.54. The molecule has 0 spiro atoms. The van der Waals surface area contributed by atoms with E-state index < -0.39 is 5.60 Å². The van der Waals surface area contributed by atoms with E-state index in [4.69, 9.17) is 16.3 Å². The van der Waals surface area contributed by atoms with Gasteiger partial charge in [0.2, 0.25) is 0 Å². The van der Waals surface area contributed by atoms with Crippen molar-refractivity contribution >= 4 is 27.5 Å². The van der Waals surface area contributed by atoms with E-state index in [1.165, 1.54) is 0 Å². The molecule has 7 heteroatoms. The number of aromatic nitrogens is 2. The van der Waals surface area contributed by atoms with Gasteiger partial charge in [-0.15, -0.1) is 0 Å². The van der Waals surface area contributed by atoms with Gasteiger partial charge in [-0.25, -0.2) is 4.98 Å². The van der Waals surface area contributed by atoms with Gasteiger partial charge < -0.3 is 14.4 Å². The second-order valence-corrected chi connectivity index (χ2v) is 9.25. The van der Waals surface area contributed by atoms with Crippen LogP contribution in [0.4, 0.5) is 0 Å². The van der Waals surface area contributed by atoms with E-state index in [2.05, 4.69) is 31.9 Å². The quantitative estimate of drug-likeness (QED) is 0.511. The summed E-state index contributed by atoms with van der Waals surface area (Å²) in [6.07, 6.45) is 6.88. The summed E-state index contributed by atoms with van der Waals surface area (Å²) in [5, 5.41) is 11.7. The average molecular weight is 491 g/mol. The molecule has 2 heterocycles. The van der Waals surface area contributed by atoms with Crippen molar-refractivity contribution < 1.29 is 9.84 Å². The summed E-state index contributed by atoms with van der Waals surface area (Å²) in [5.74, 6) is 0.882. The van der Waals surface area contributed by atoms with Crippen LogP contribution in [0.5, 0.6) is 5.75 Å². The molecule has 1 saturated heterocycles. The van der Waals surface area contributed by atoms with Crippen molar-refractivity contribution in [2.45, 2.75) is 38.1 Å². The molecule has 30 heavy (non-hydrogen) atoms. The van der Waals surface area contributed by atoms with Gasteiger partial charge in [-0.3, -0.25) is 4.90 Å². The Labute approximate surface area is 190 Å². The zero-order valence-electron chi connectivity index (χ0n) is 16.7. The molecule has 0 saturated carbocycles. The molecule has 0 atom stereocenters. The van der Waals surface area contributed by atoms with E-state index in [1.54, 1.807) is 12.5 Å². The molecule has 5 nitrogen and oxygen atoms in total. The van der Waals surface area contributed by atoms with Crippen molar-refractivity contribution in [1.29, 1.82) is 0 Å². The monoisotopic (exact) mass is 489 g/mol. The van der Waals surface area contributed by atoms with Crippen molar-refractivity contribution in [2.24, 2.45) is 0 Å². The summed E-state index contributed by atoms with van der Waals surface area (Å²) >= 11 is 9.54. The first kappa shape index (κ1) is 21.4. The lowest BCUT2D eigenvalue weighted by Crippen LogP contribution is -2.46. The third-order valence-electron chi connectivity index (χ3n) is 5.55. The smallest absolute Gasteiger partial charge is 0.124 e. The molecule has 1 N–H and O–H groups in total. The van der Waals surface area contributed by atoms with Gasteiger partial charge in [0.15, 0.2) is 0 Å². The number of ether oxygens (including phenoxy) is 1. The Hall–Kier alpha value is -1.86. The first-order valence-electron chi connectivity index (χ1n) is 10.1. The maximum Gasteiger partial charge on any atom is 0.124 e. The number of halogens is 2. The van der Waals surface area contributed by atoms with Gasteiger partial charge in [0, 0.05) is 47.1 Å². The van der Waals surface area contributed by atoms with Crippen LogP contribution >= 0.6 is 27.5 Å². The molecular formula is C23H25BrClN3O2. The number of hydrogen-bond donors (Lipinski definition) is 1. The molecule has 0 bridgehead atoms. The molecule has 4 rings (SSSR count). The van der Waals surface area contributed by atoms with Crippen LogP contribution in [0.2, 0.25) is 5.02 Å². The molecule has 0 unspecified atom stereocenters. The SMILES string of the molecule is OC1(Cn2ccnc2)CCN(Cc2cc(Br)ccc2OCc2ccc(Cl)cc2)CC1. The Kier molecular flexibility index (Phi) is 6.78. The Morgan fingerprint density at radius 2 is 1.90 bits per heavy atom. The Bertz CT molecular complexity index is 955. The van der Waals surface area contributed by atoms with E-state index in [0.717, 1.165) is 58.8 Å². The van der Waals surface area contributed by atoms with Crippen molar-refractivity contribution in [1.82, 2.24) is 14.5 Å². The summed E-state index contributed by atoms with van der Waals surface area (Å²) in [4.78, 5) is 6.44. The van der Waals surface area contributed by atoms with Gasteiger partial charge in [-0.05, 0) is 48.7 Å². The zero-order valence-corrected chi connectivity index (χ0v) is 19.0. The number of likely N-dealkylation sites (tertiary alicyclic amines) is 1. The van der Waals surface area contributed by atoms with Gasteiger partial charge >= 0.3 is 0 Å². The molecule has 3 aromatic rings. The fourth-order valence-corrected chi connectivity index (χ4v) is 4.34. The topological polar surface area (TPSA) is 50.5 Å². The molecule has 1 fully saturated rings. The minimum atomic E-state index is -0.678. The van der Waals surface area contributed by atoms with Gasteiger partial charge in [-0.1, -0.05) is 39.7 Å². The average Bonchev–Trinajstić information content (AvgIpc) is 3.23. The summed E-state index contributed by atoms with van der Waals surface area (Å²) < 4.78 is 9.10. The van der Waals surface area contributed by atoms with Crippen LogP contribution in [-0.2, 0) is 19.7 Å². The molecule has 1 aromatic heterocycles. The number of aliphatic hydroxyl groups is 1. The first-order valence-corrected chi connectivity index (χ1v) is 11.2. The van der Waals surface area contributed by atoms with Crippen molar-refractivity contribution in [3.63, 3.8) is 0 Å². The zero-order chi connectivity index (χ0) is 21.0. The Balaban J connectivity index is 1.37. The summed E-state index contributed by atoms with van der Waals surface area (Å²) in [6.45, 7) is 3.56. The number of benzene rings is 2. The summed E-state index contributed by atoms with van der Waals surface area (Å²) in [6, 6.07) is 13.8. The third-order valence-corrected chi connectivity index (χ3v) is 6.29. The minimum Gasteiger partial charge on any atom is -0.489 e. The minimum absolute atomic E-state index is 0.496. The van der Waals surface area contributed by atoms with Crippen molar-refractivity contribution in [3.8, 4) is 5.75 Å². The van der Waals surface area contributed by atoms with Crippen LogP contribution in [0.3, 0.4) is 0 Å². The van der Waals surface area contributed by atoms with E-state index in [0.29, 0.717) is 13.2 Å². The standard InChI is InChI=1S/C23H25BrClN3O2/c24-20-3-6-22(30-15-18-1-4-21(25)5-2-18)19(13-20)14-27-10-7-23(29,8-11-27)16-28-12-9-26-17-28/h1-6,9,12-13,17,29H,7-8,10-11,14-16H2. The van der Waals surface area contributed by atoms with E-state index in [1.807, 2.05) is 47.2 Å². The fraction of sp³-hybridized carbons (Fsp3) is 0.348. The molecule has 0 radical (unpaired) electrons. The van der Waals surface area contributed by atoms with Gasteiger partial charge in [-0.2, -0.15) is 0 Å². The van der Waals surface area contributed by atoms with E-state index in [9.17, 15) is 5.11 Å². The molecule has 0 aliphatic carbocycles. The summed E-state index contributed by atoms with van der Waals surface area (Å²) in [7, 11) is 0. The maximum atomic E-state index is 10.9. The first-order chi connectivity index (χ1) is 14.5. The lowest BCUT2D eigenvalue weighted by Gasteiger charge is -2.38. The molecule has 158 valence electrons. The van der Waals surface area contributed by atoms with Gasteiger partial charge in [0.25, 0.3) is 0 Å². The molecule has 2 aromatic carbocycles. The van der Waals surface area contributed by atoms with E-state index in [-0.39, 0.29) is 0 Å². The second kappa shape index (κ2) is 9.52. The second-order valence-electron chi connectivity index (χ2n) is 7.90. The van der Waals surface area contributed by atoms with Crippen LogP contribution in [0, 0.1) is 0 Å². The molecule has 1 aliphatic heterocycles. The van der Waals surface area contributed by atoms with Crippen LogP contribution in [0.1, 0.15) is 24.0 Å². The van der Waals surface area contributed by atoms with Crippen LogP contribution in [0.25, 0.3) is 0 Å². The Morgan fingerprint density at radius 1 is 1.13 bits per heavy atom. The fourth-order valence-electron chi connectivity index (χ4n) is 3.80. The predicted molar refractivity (Wildman–Crippen MR) is 122 cm³/mol.